The Morgan fingerprint density at radius 3 is 2.06 bits per heavy atom. The first-order chi connectivity index (χ1) is 15.7. The summed E-state index contributed by atoms with van der Waals surface area (Å²) in [6, 6.07) is 0. The molecule has 2 N–H and O–H groups in total. The van der Waals surface area contributed by atoms with Gasteiger partial charge < -0.3 is 38.8 Å². The molecule has 0 aliphatic carbocycles. The Labute approximate surface area is 199 Å². The van der Waals surface area contributed by atoms with Crippen molar-refractivity contribution in [3.63, 3.8) is 0 Å². The van der Waals surface area contributed by atoms with Crippen LogP contribution in [-0.4, -0.2) is 97.1 Å². The van der Waals surface area contributed by atoms with Crippen LogP contribution in [0, 0.1) is 5.92 Å². The van der Waals surface area contributed by atoms with Crippen LogP contribution in [0.1, 0.15) is 52.4 Å². The monoisotopic (exact) mass is 491 g/mol. The number of carbonyl (C=O) groups excluding carboxylic acids is 4. The molecule has 12 heteroatoms. The average molecular weight is 492 g/mol. The first-order valence-electron chi connectivity index (χ1n) is 11.2. The maximum atomic E-state index is 12.1. The summed E-state index contributed by atoms with van der Waals surface area (Å²) in [5.41, 5.74) is 0. The van der Waals surface area contributed by atoms with Crippen molar-refractivity contribution in [3.05, 3.63) is 0 Å². The summed E-state index contributed by atoms with van der Waals surface area (Å²) < 4.78 is 15.6. The Morgan fingerprint density at radius 1 is 0.971 bits per heavy atom. The fourth-order valence-corrected chi connectivity index (χ4v) is 2.75. The highest BCUT2D eigenvalue weighted by atomic mass is 16.6. The van der Waals surface area contributed by atoms with Gasteiger partial charge in [0.05, 0.1) is 27.6 Å². The predicted molar refractivity (Wildman–Crippen MR) is 115 cm³/mol. The molecule has 0 aromatic rings. The zero-order valence-corrected chi connectivity index (χ0v) is 20.5. The van der Waals surface area contributed by atoms with Crippen molar-refractivity contribution in [1.82, 2.24) is 0 Å². The number of carboxylic acid groups (broad SMARTS) is 2. The third kappa shape index (κ3) is 13.1. The molecule has 0 aliphatic rings. The second-order valence-electron chi connectivity index (χ2n) is 8.89. The van der Waals surface area contributed by atoms with Crippen molar-refractivity contribution >= 4 is 29.8 Å². The number of carbonyl (C=O) groups is 5. The summed E-state index contributed by atoms with van der Waals surface area (Å²) in [6.45, 7) is 4.02. The molecular formula is C22H37NO11. The number of ether oxygens (including phenoxy) is 3. The fraction of sp³-hybridized carbons (Fsp3) is 0.773. The van der Waals surface area contributed by atoms with Crippen molar-refractivity contribution in [2.24, 2.45) is 5.92 Å². The van der Waals surface area contributed by atoms with E-state index in [4.69, 9.17) is 14.6 Å². The highest BCUT2D eigenvalue weighted by molar-refractivity contribution is 5.84. The van der Waals surface area contributed by atoms with Gasteiger partial charge in [-0.05, 0) is 25.7 Å². The molecule has 0 spiro atoms. The third-order valence-corrected chi connectivity index (χ3v) is 4.90. The summed E-state index contributed by atoms with van der Waals surface area (Å²) in [5, 5.41) is 30.2. The topological polar surface area (TPSA) is 177 Å². The number of carboxylic acids is 2. The zero-order valence-electron chi connectivity index (χ0n) is 20.5. The molecular weight excluding hydrogens is 454 g/mol. The van der Waals surface area contributed by atoms with Crippen LogP contribution >= 0.6 is 0 Å². The molecule has 0 saturated heterocycles. The van der Waals surface area contributed by atoms with E-state index in [1.807, 2.05) is 21.1 Å². The van der Waals surface area contributed by atoms with E-state index in [1.54, 1.807) is 6.92 Å². The van der Waals surface area contributed by atoms with Crippen LogP contribution in [0.4, 0.5) is 0 Å². The minimum Gasteiger partial charge on any atom is -0.550 e. The number of likely N-dealkylation sites (N-methyl/N-ethyl adjacent to an activating group) is 1. The number of aliphatic hydroxyl groups excluding tert-OH is 1. The van der Waals surface area contributed by atoms with Gasteiger partial charge in [0.25, 0.3) is 0 Å². The first-order valence-corrected chi connectivity index (χ1v) is 11.2. The van der Waals surface area contributed by atoms with Crippen molar-refractivity contribution in [3.8, 4) is 0 Å². The van der Waals surface area contributed by atoms with Crippen molar-refractivity contribution in [2.75, 3.05) is 34.3 Å². The number of hydrogen-bond acceptors (Lipinski definition) is 10. The van der Waals surface area contributed by atoms with E-state index in [1.165, 1.54) is 6.92 Å². The Hall–Kier alpha value is -2.73. The van der Waals surface area contributed by atoms with Gasteiger partial charge in [-0.3, -0.25) is 9.59 Å². The highest BCUT2D eigenvalue weighted by Gasteiger charge is 2.32. The molecule has 0 saturated carbocycles. The van der Waals surface area contributed by atoms with Crippen LogP contribution in [0.5, 0.6) is 0 Å². The van der Waals surface area contributed by atoms with Gasteiger partial charge in [0.2, 0.25) is 0 Å². The Balaban J connectivity index is 4.63. The highest BCUT2D eigenvalue weighted by Crippen LogP contribution is 2.17. The van der Waals surface area contributed by atoms with Gasteiger partial charge >= 0.3 is 23.9 Å². The second kappa shape index (κ2) is 15.2. The Morgan fingerprint density at radius 2 is 1.59 bits per heavy atom. The van der Waals surface area contributed by atoms with Gasteiger partial charge in [0.15, 0.2) is 12.2 Å². The largest absolute Gasteiger partial charge is 0.550 e. The summed E-state index contributed by atoms with van der Waals surface area (Å²) in [5.74, 6) is -7.47. The van der Waals surface area contributed by atoms with Crippen LogP contribution in [0.3, 0.4) is 0 Å². The molecule has 0 fully saturated rings. The molecule has 4 unspecified atom stereocenters. The molecule has 34 heavy (non-hydrogen) atoms. The van der Waals surface area contributed by atoms with Gasteiger partial charge in [-0.15, -0.1) is 0 Å². The average Bonchev–Trinajstić information content (AvgIpc) is 2.72. The van der Waals surface area contributed by atoms with Crippen LogP contribution < -0.4 is 5.11 Å². The summed E-state index contributed by atoms with van der Waals surface area (Å²) >= 11 is 0. The van der Waals surface area contributed by atoms with Crippen LogP contribution in [-0.2, 0) is 38.2 Å². The lowest BCUT2D eigenvalue weighted by Crippen LogP contribution is -2.44. The van der Waals surface area contributed by atoms with E-state index in [2.05, 4.69) is 4.74 Å². The fourth-order valence-electron chi connectivity index (χ4n) is 2.75. The maximum absolute atomic E-state index is 12.1. The summed E-state index contributed by atoms with van der Waals surface area (Å²) in [7, 11) is 5.86. The Kier molecular flexibility index (Phi) is 14.0. The molecule has 0 heterocycles. The number of aliphatic carboxylic acids is 2. The smallest absolute Gasteiger partial charge is 0.345 e. The molecule has 0 aromatic carbocycles. The summed E-state index contributed by atoms with van der Waals surface area (Å²) in [4.78, 5) is 58.2. The van der Waals surface area contributed by atoms with Crippen LogP contribution in [0.2, 0.25) is 0 Å². The Bertz CT molecular complexity index is 701. The predicted octanol–water partition coefficient (Wildman–Crippen LogP) is -0.749. The molecule has 0 radical (unpaired) electrons. The van der Waals surface area contributed by atoms with E-state index >= 15 is 0 Å². The quantitative estimate of drug-likeness (QED) is 0.149. The minimum absolute atomic E-state index is 0.0671. The number of rotatable bonds is 17. The first kappa shape index (κ1) is 31.3. The van der Waals surface area contributed by atoms with Crippen molar-refractivity contribution < 1.29 is 58.0 Å². The van der Waals surface area contributed by atoms with Crippen molar-refractivity contribution in [2.45, 2.75) is 70.7 Å². The van der Waals surface area contributed by atoms with E-state index in [0.29, 0.717) is 17.4 Å². The SMILES string of the molecule is CCC(CC(=O)OCC[N+](C)(C)C)OC(=O)CCCC(C(=O)[O-])C(O)C(=O)OC(CC)C(=O)O. The number of esters is 3. The van der Waals surface area contributed by atoms with Crippen LogP contribution in [0.15, 0.2) is 0 Å². The second-order valence-corrected chi connectivity index (χ2v) is 8.89. The molecule has 4 atom stereocenters. The number of hydrogen-bond donors (Lipinski definition) is 2. The molecule has 12 nitrogen and oxygen atoms in total. The van der Waals surface area contributed by atoms with Gasteiger partial charge in [0.1, 0.15) is 19.3 Å². The molecule has 0 amide bonds. The van der Waals surface area contributed by atoms with E-state index in [0.717, 1.165) is 0 Å². The lowest BCUT2D eigenvalue weighted by Gasteiger charge is -2.24. The minimum atomic E-state index is -2.15. The van der Waals surface area contributed by atoms with Gasteiger partial charge in [-0.1, -0.05) is 13.8 Å². The van der Waals surface area contributed by atoms with Crippen LogP contribution in [0.25, 0.3) is 0 Å². The van der Waals surface area contributed by atoms with Gasteiger partial charge in [-0.2, -0.15) is 0 Å². The van der Waals surface area contributed by atoms with E-state index < -0.39 is 54.1 Å². The number of nitrogens with zero attached hydrogens (tertiary/aromatic N) is 1. The van der Waals surface area contributed by atoms with Gasteiger partial charge in [-0.25, -0.2) is 9.59 Å². The zero-order chi connectivity index (χ0) is 26.5. The molecule has 0 aliphatic heterocycles. The summed E-state index contributed by atoms with van der Waals surface area (Å²) in [6.07, 6.45) is -4.82. The standard InChI is InChI=1S/C22H37NO11/c1-6-14(13-18(25)32-12-11-23(3,4)5)33-17(24)10-8-9-15(20(27)28)19(26)22(31)34-16(7-2)21(29)30/h14-16,19,26H,6-13H2,1-5H3,(H-,27,28,29,30). The third-order valence-electron chi connectivity index (χ3n) is 4.90. The molecule has 0 aromatic heterocycles. The number of quaternary nitrogens is 1. The van der Waals surface area contributed by atoms with Crippen molar-refractivity contribution in [1.29, 1.82) is 0 Å². The lowest BCUT2D eigenvalue weighted by atomic mass is 9.96. The molecule has 0 bridgehead atoms. The normalized spacial score (nSPS) is 14.9. The molecule has 196 valence electrons. The lowest BCUT2D eigenvalue weighted by molar-refractivity contribution is -0.870. The van der Waals surface area contributed by atoms with E-state index in [9.17, 15) is 34.2 Å². The molecule has 0 rings (SSSR count). The van der Waals surface area contributed by atoms with Gasteiger partial charge in [0, 0.05) is 18.3 Å². The maximum Gasteiger partial charge on any atom is 0.345 e. The van der Waals surface area contributed by atoms with E-state index in [-0.39, 0.29) is 38.7 Å². The number of aliphatic hydroxyl groups is 1.